The third-order valence-corrected chi connectivity index (χ3v) is 5.58. The molecule has 0 aliphatic carbocycles. The molecule has 10 heteroatoms. The Morgan fingerprint density at radius 2 is 1.90 bits per heavy atom. The van der Waals surface area contributed by atoms with E-state index in [0.29, 0.717) is 10.5 Å². The van der Waals surface area contributed by atoms with Crippen LogP contribution in [0.5, 0.6) is 5.75 Å². The number of thiocarbonyl (C=S) groups is 1. The number of nitrogens with one attached hydrogen (secondary N) is 1. The number of halogens is 1. The summed E-state index contributed by atoms with van der Waals surface area (Å²) in [6, 6.07) is 8.20. The zero-order valence-corrected chi connectivity index (χ0v) is 17.1. The predicted octanol–water partition coefficient (Wildman–Crippen LogP) is 3.46. The van der Waals surface area contributed by atoms with Crippen molar-refractivity contribution in [3.8, 4) is 5.75 Å². The van der Waals surface area contributed by atoms with Gasteiger partial charge < -0.3 is 15.5 Å². The van der Waals surface area contributed by atoms with Crippen LogP contribution < -0.4 is 5.32 Å². The van der Waals surface area contributed by atoms with Crippen molar-refractivity contribution in [2.75, 3.05) is 5.32 Å². The standard InChI is InChI=1S/C20H15FN2O5S2/c1-10(17(25)22-13-6-7-15(24)14(9-13)19(27)28)23-18(26)16(30-20(23)29)8-11-2-4-12(21)5-3-11/h2-10,24H,1H3,(H,22,25)(H,27,28)/b16-8-. The number of carbonyl (C=O) groups excluding carboxylic acids is 2. The molecule has 2 amide bonds. The zero-order valence-electron chi connectivity index (χ0n) is 15.5. The summed E-state index contributed by atoms with van der Waals surface area (Å²) in [4.78, 5) is 37.9. The number of benzene rings is 2. The van der Waals surface area contributed by atoms with Crippen LogP contribution in [-0.4, -0.2) is 43.3 Å². The SMILES string of the molecule is CC(C(=O)Nc1ccc(O)c(C(=O)O)c1)N1C(=O)/C(=C/c2ccc(F)cc2)SC1=S. The maximum absolute atomic E-state index is 13.1. The maximum atomic E-state index is 13.1. The molecule has 0 saturated carbocycles. The summed E-state index contributed by atoms with van der Waals surface area (Å²) < 4.78 is 13.2. The number of hydrogen-bond acceptors (Lipinski definition) is 6. The minimum absolute atomic E-state index is 0.148. The summed E-state index contributed by atoms with van der Waals surface area (Å²) >= 11 is 6.27. The van der Waals surface area contributed by atoms with Crippen LogP contribution in [-0.2, 0) is 9.59 Å². The van der Waals surface area contributed by atoms with E-state index in [9.17, 15) is 23.9 Å². The van der Waals surface area contributed by atoms with Crippen LogP contribution in [0, 0.1) is 5.82 Å². The van der Waals surface area contributed by atoms with E-state index in [1.165, 1.54) is 37.3 Å². The summed E-state index contributed by atoms with van der Waals surface area (Å²) in [5.41, 5.74) is 0.391. The van der Waals surface area contributed by atoms with Crippen LogP contribution in [0.2, 0.25) is 0 Å². The van der Waals surface area contributed by atoms with Gasteiger partial charge in [-0.3, -0.25) is 14.5 Å². The highest BCUT2D eigenvalue weighted by molar-refractivity contribution is 8.26. The van der Waals surface area contributed by atoms with Gasteiger partial charge in [-0.25, -0.2) is 9.18 Å². The van der Waals surface area contributed by atoms with Gasteiger partial charge in [-0.05, 0) is 48.9 Å². The number of aromatic carboxylic acids is 1. The molecule has 1 aliphatic heterocycles. The first-order valence-corrected chi connectivity index (χ1v) is 9.79. The molecule has 0 radical (unpaired) electrons. The number of hydrogen-bond donors (Lipinski definition) is 3. The fourth-order valence-electron chi connectivity index (χ4n) is 2.67. The van der Waals surface area contributed by atoms with E-state index in [1.54, 1.807) is 6.08 Å². The van der Waals surface area contributed by atoms with Crippen LogP contribution in [0.25, 0.3) is 6.08 Å². The molecule has 3 rings (SSSR count). The molecular weight excluding hydrogens is 431 g/mol. The maximum Gasteiger partial charge on any atom is 0.339 e. The van der Waals surface area contributed by atoms with Gasteiger partial charge in [-0.2, -0.15) is 0 Å². The Balaban J connectivity index is 1.76. The Morgan fingerprint density at radius 3 is 2.53 bits per heavy atom. The van der Waals surface area contributed by atoms with Gasteiger partial charge in [0.25, 0.3) is 5.91 Å². The number of thioether (sulfide) groups is 1. The number of amides is 2. The molecule has 2 aromatic rings. The first-order chi connectivity index (χ1) is 14.2. The lowest BCUT2D eigenvalue weighted by molar-refractivity contribution is -0.129. The zero-order chi connectivity index (χ0) is 22.0. The lowest BCUT2D eigenvalue weighted by Crippen LogP contribution is -2.44. The molecule has 1 aliphatic rings. The average Bonchev–Trinajstić information content (AvgIpc) is 2.97. The Kier molecular flexibility index (Phi) is 6.18. The van der Waals surface area contributed by atoms with Gasteiger partial charge in [0.1, 0.15) is 27.5 Å². The van der Waals surface area contributed by atoms with E-state index < -0.39 is 35.4 Å². The average molecular weight is 446 g/mol. The van der Waals surface area contributed by atoms with E-state index in [1.807, 2.05) is 0 Å². The molecule has 2 aromatic carbocycles. The van der Waals surface area contributed by atoms with Gasteiger partial charge in [-0.15, -0.1) is 0 Å². The van der Waals surface area contributed by atoms with E-state index >= 15 is 0 Å². The topological polar surface area (TPSA) is 107 Å². The summed E-state index contributed by atoms with van der Waals surface area (Å²) in [7, 11) is 0. The van der Waals surface area contributed by atoms with Gasteiger partial charge in [0.15, 0.2) is 0 Å². The highest BCUT2D eigenvalue weighted by atomic mass is 32.2. The van der Waals surface area contributed by atoms with Gasteiger partial charge in [-0.1, -0.05) is 36.1 Å². The van der Waals surface area contributed by atoms with Crippen molar-refractivity contribution >= 4 is 57.8 Å². The predicted molar refractivity (Wildman–Crippen MR) is 115 cm³/mol. The minimum atomic E-state index is -1.35. The number of carboxylic acid groups (broad SMARTS) is 1. The Labute approximate surface area is 180 Å². The van der Waals surface area contributed by atoms with Crippen LogP contribution in [0.3, 0.4) is 0 Å². The van der Waals surface area contributed by atoms with Crippen molar-refractivity contribution in [2.24, 2.45) is 0 Å². The third kappa shape index (κ3) is 4.50. The monoisotopic (exact) mass is 446 g/mol. The molecule has 7 nitrogen and oxygen atoms in total. The van der Waals surface area contributed by atoms with Crippen molar-refractivity contribution in [3.05, 3.63) is 64.3 Å². The lowest BCUT2D eigenvalue weighted by Gasteiger charge is -2.22. The van der Waals surface area contributed by atoms with Crippen LogP contribution in [0.15, 0.2) is 47.4 Å². The number of rotatable bonds is 5. The summed E-state index contributed by atoms with van der Waals surface area (Å²) in [5, 5.41) is 21.1. The van der Waals surface area contributed by atoms with E-state index in [-0.39, 0.29) is 15.6 Å². The highest BCUT2D eigenvalue weighted by Crippen LogP contribution is 2.34. The van der Waals surface area contributed by atoms with Gasteiger partial charge in [0.2, 0.25) is 5.91 Å². The summed E-state index contributed by atoms with van der Waals surface area (Å²) in [6.45, 7) is 1.49. The Bertz CT molecular complexity index is 1090. The molecule has 0 bridgehead atoms. The fraction of sp³-hybridized carbons (Fsp3) is 0.100. The quantitative estimate of drug-likeness (QED) is 0.367. The largest absolute Gasteiger partial charge is 0.507 e. The number of anilines is 1. The molecular formula is C20H15FN2O5S2. The van der Waals surface area contributed by atoms with Crippen molar-refractivity contribution in [1.82, 2.24) is 4.90 Å². The van der Waals surface area contributed by atoms with E-state index in [0.717, 1.165) is 28.8 Å². The second kappa shape index (κ2) is 8.64. The molecule has 30 heavy (non-hydrogen) atoms. The summed E-state index contributed by atoms with van der Waals surface area (Å²) in [6.07, 6.45) is 1.56. The molecule has 3 N–H and O–H groups in total. The second-order valence-corrected chi connectivity index (χ2v) is 7.98. The molecule has 1 atom stereocenters. The third-order valence-electron chi connectivity index (χ3n) is 4.25. The van der Waals surface area contributed by atoms with Crippen molar-refractivity contribution in [3.63, 3.8) is 0 Å². The summed E-state index contributed by atoms with van der Waals surface area (Å²) in [5.74, 6) is -3.23. The molecule has 0 spiro atoms. The van der Waals surface area contributed by atoms with Gasteiger partial charge in [0, 0.05) is 5.69 Å². The van der Waals surface area contributed by atoms with Crippen LogP contribution >= 0.6 is 24.0 Å². The minimum Gasteiger partial charge on any atom is -0.507 e. The fourth-order valence-corrected chi connectivity index (χ4v) is 4.09. The molecule has 0 aromatic heterocycles. The van der Waals surface area contributed by atoms with E-state index in [4.69, 9.17) is 17.3 Å². The second-order valence-electron chi connectivity index (χ2n) is 6.31. The Hall–Kier alpha value is -3.24. The number of carbonyl (C=O) groups is 3. The van der Waals surface area contributed by atoms with E-state index in [2.05, 4.69) is 5.32 Å². The molecule has 1 saturated heterocycles. The normalized spacial score (nSPS) is 16.1. The van der Waals surface area contributed by atoms with Crippen molar-refractivity contribution in [1.29, 1.82) is 0 Å². The lowest BCUT2D eigenvalue weighted by atomic mass is 10.1. The molecule has 1 heterocycles. The number of carboxylic acids is 1. The van der Waals surface area contributed by atoms with Crippen molar-refractivity contribution < 1.29 is 29.0 Å². The van der Waals surface area contributed by atoms with Crippen molar-refractivity contribution in [2.45, 2.75) is 13.0 Å². The smallest absolute Gasteiger partial charge is 0.339 e. The highest BCUT2D eigenvalue weighted by Gasteiger charge is 2.38. The van der Waals surface area contributed by atoms with Gasteiger partial charge in [0.05, 0.1) is 4.91 Å². The number of nitrogens with zero attached hydrogens (tertiary/aromatic N) is 1. The Morgan fingerprint density at radius 1 is 1.23 bits per heavy atom. The van der Waals surface area contributed by atoms with Gasteiger partial charge >= 0.3 is 5.97 Å². The molecule has 1 unspecified atom stereocenters. The number of aromatic hydroxyl groups is 1. The molecule has 1 fully saturated rings. The van der Waals surface area contributed by atoms with Crippen LogP contribution in [0.1, 0.15) is 22.8 Å². The number of phenols is 1. The molecule has 154 valence electrons. The first kappa shape index (κ1) is 21.5. The van der Waals surface area contributed by atoms with Crippen LogP contribution in [0.4, 0.5) is 10.1 Å². The first-order valence-electron chi connectivity index (χ1n) is 8.57.